The minimum absolute atomic E-state index is 0.00745. The third kappa shape index (κ3) is 6.85. The molecule has 2 aliphatic heterocycles. The van der Waals surface area contributed by atoms with E-state index >= 15 is 0 Å². The Morgan fingerprint density at radius 2 is 1.78 bits per heavy atom. The summed E-state index contributed by atoms with van der Waals surface area (Å²) in [7, 11) is 0. The van der Waals surface area contributed by atoms with Crippen molar-refractivity contribution in [3.8, 4) is 22.4 Å². The summed E-state index contributed by atoms with van der Waals surface area (Å²) in [5.74, 6) is -0.534. The van der Waals surface area contributed by atoms with Crippen molar-refractivity contribution >= 4 is 28.5 Å². The van der Waals surface area contributed by atoms with Crippen LogP contribution in [0.2, 0.25) is 0 Å². The molecule has 3 heterocycles. The molecule has 1 saturated heterocycles. The van der Waals surface area contributed by atoms with Crippen molar-refractivity contribution in [2.24, 2.45) is 11.3 Å². The number of carbonyl (C=O) groups excluding carboxylic acids is 2. The molecule has 2 aliphatic rings. The summed E-state index contributed by atoms with van der Waals surface area (Å²) in [6.07, 6.45) is 2.72. The van der Waals surface area contributed by atoms with E-state index in [4.69, 9.17) is 10.5 Å². The maximum atomic E-state index is 13.5. The number of amides is 1. The fraction of sp³-hybridized carbons (Fsp3) is 0.436. The van der Waals surface area contributed by atoms with Crippen LogP contribution in [-0.4, -0.2) is 40.6 Å². The molecule has 1 amide bonds. The number of esters is 1. The Labute approximate surface area is 274 Å². The number of aromatic nitrogens is 1. The Bertz CT molecular complexity index is 1740. The second kappa shape index (κ2) is 13.7. The van der Waals surface area contributed by atoms with Crippen LogP contribution in [0.25, 0.3) is 33.3 Å². The number of nitrogens with zero attached hydrogens (tertiary/aromatic N) is 2. The summed E-state index contributed by atoms with van der Waals surface area (Å²) >= 11 is 0. The maximum Gasteiger partial charge on any atom is 0.324 e. The molecule has 46 heavy (non-hydrogen) atoms. The second-order valence-corrected chi connectivity index (χ2v) is 13.5. The molecule has 3 N–H and O–H groups in total. The molecule has 0 unspecified atom stereocenters. The van der Waals surface area contributed by atoms with E-state index in [2.05, 4.69) is 80.2 Å². The second-order valence-electron chi connectivity index (χ2n) is 13.5. The van der Waals surface area contributed by atoms with Gasteiger partial charge in [-0.1, -0.05) is 76.6 Å². The summed E-state index contributed by atoms with van der Waals surface area (Å²) in [5.41, 5.74) is 19.1. The molecule has 7 nitrogen and oxygen atoms in total. The highest BCUT2D eigenvalue weighted by Gasteiger charge is 2.33. The zero-order valence-electron chi connectivity index (χ0n) is 28.6. The van der Waals surface area contributed by atoms with Gasteiger partial charge in [-0.05, 0) is 86.1 Å². The molecule has 7 heteroatoms. The molecule has 4 aromatic rings. The van der Waals surface area contributed by atoms with Gasteiger partial charge in [-0.2, -0.15) is 0 Å². The largest absolute Gasteiger partial charge is 0.464 e. The fourth-order valence-corrected chi connectivity index (χ4v) is 6.99. The number of hydrazine groups is 1. The quantitative estimate of drug-likeness (QED) is 0.177. The third-order valence-electron chi connectivity index (χ3n) is 9.08. The molecule has 6 bridgehead atoms. The predicted molar refractivity (Wildman–Crippen MR) is 188 cm³/mol. The molecule has 6 rings (SSSR count). The molecule has 1 aromatic heterocycles. The Kier molecular flexibility index (Phi) is 9.92. The number of anilines is 1. The van der Waals surface area contributed by atoms with Gasteiger partial charge in [0, 0.05) is 46.6 Å². The predicted octanol–water partition coefficient (Wildman–Crippen LogP) is 7.71. The smallest absolute Gasteiger partial charge is 0.324 e. The maximum absolute atomic E-state index is 13.5. The summed E-state index contributed by atoms with van der Waals surface area (Å²) in [4.78, 5) is 26.8. The van der Waals surface area contributed by atoms with E-state index in [9.17, 15) is 9.59 Å². The number of carbonyl (C=O) groups is 2. The van der Waals surface area contributed by atoms with Gasteiger partial charge < -0.3 is 15.0 Å². The fourth-order valence-electron chi connectivity index (χ4n) is 6.99. The molecule has 3 aromatic carbocycles. The average Bonchev–Trinajstić information content (AvgIpc) is 3.35. The molecule has 2 atom stereocenters. The van der Waals surface area contributed by atoms with Crippen LogP contribution in [-0.2, 0) is 33.7 Å². The zero-order chi connectivity index (χ0) is 33.2. The summed E-state index contributed by atoms with van der Waals surface area (Å²) in [6, 6.07) is 20.9. The monoisotopic (exact) mass is 622 g/mol. The molecule has 0 radical (unpaired) electrons. The average molecular weight is 623 g/mol. The number of nitrogens with two attached hydrogens (primary N) is 1. The number of nitrogen functional groups attached to an aromatic ring is 1. The Balaban J connectivity index is 0.00000204. The van der Waals surface area contributed by atoms with E-state index in [-0.39, 0.29) is 29.8 Å². The highest BCUT2D eigenvalue weighted by Crippen LogP contribution is 2.40. The lowest BCUT2D eigenvalue weighted by Crippen LogP contribution is -2.56. The highest BCUT2D eigenvalue weighted by molar-refractivity contribution is 5.95. The molecular weight excluding hydrogens is 572 g/mol. The lowest BCUT2D eigenvalue weighted by molar-refractivity contribution is -0.155. The Morgan fingerprint density at radius 3 is 2.52 bits per heavy atom. The number of aryl methyl sites for hydroxylation is 2. The number of hydrogen-bond acceptors (Lipinski definition) is 5. The first-order valence-electron chi connectivity index (χ1n) is 16.9. The zero-order valence-corrected chi connectivity index (χ0v) is 28.6. The summed E-state index contributed by atoms with van der Waals surface area (Å²) in [6.45, 7) is 16.2. The molecule has 0 saturated carbocycles. The number of fused-ring (bicyclic) bond motifs is 6. The molecular formula is C39H50N4O3. The third-order valence-corrected chi connectivity index (χ3v) is 9.08. The van der Waals surface area contributed by atoms with E-state index in [1.165, 1.54) is 22.0 Å². The van der Waals surface area contributed by atoms with Crippen LogP contribution in [0.4, 0.5) is 5.69 Å². The lowest BCUT2D eigenvalue weighted by Gasteiger charge is -2.35. The van der Waals surface area contributed by atoms with Gasteiger partial charge in [-0.25, -0.2) is 5.43 Å². The van der Waals surface area contributed by atoms with Crippen LogP contribution in [0.15, 0.2) is 60.7 Å². The van der Waals surface area contributed by atoms with Gasteiger partial charge >= 0.3 is 5.97 Å². The van der Waals surface area contributed by atoms with Crippen molar-refractivity contribution in [1.29, 1.82) is 0 Å². The van der Waals surface area contributed by atoms with Crippen molar-refractivity contribution in [3.05, 3.63) is 77.4 Å². The van der Waals surface area contributed by atoms with Gasteiger partial charge in [0.1, 0.15) is 6.04 Å². The molecule has 0 aliphatic carbocycles. The number of ether oxygens (including phenoxy) is 1. The molecule has 244 valence electrons. The van der Waals surface area contributed by atoms with Gasteiger partial charge in [0.25, 0.3) is 0 Å². The van der Waals surface area contributed by atoms with Crippen LogP contribution in [0.1, 0.15) is 71.1 Å². The first-order chi connectivity index (χ1) is 22.0. The first kappa shape index (κ1) is 33.3. The first-order valence-corrected chi connectivity index (χ1v) is 16.9. The lowest BCUT2D eigenvalue weighted by atomic mass is 9.84. The van der Waals surface area contributed by atoms with Crippen molar-refractivity contribution in [3.63, 3.8) is 0 Å². The van der Waals surface area contributed by atoms with E-state index in [1.54, 1.807) is 5.01 Å². The number of benzene rings is 3. The number of hydrogen-bond donors (Lipinski definition) is 2. The van der Waals surface area contributed by atoms with E-state index in [0.717, 1.165) is 46.6 Å². The van der Waals surface area contributed by atoms with Crippen LogP contribution >= 0.6 is 0 Å². The summed E-state index contributed by atoms with van der Waals surface area (Å²) in [5, 5.41) is 2.83. The van der Waals surface area contributed by atoms with Gasteiger partial charge in [-0.15, -0.1) is 0 Å². The van der Waals surface area contributed by atoms with Crippen LogP contribution < -0.4 is 11.2 Å². The van der Waals surface area contributed by atoms with Gasteiger partial charge in [0.15, 0.2) is 0 Å². The minimum atomic E-state index is -0.535. The SMILES string of the molecule is CC.CCn1c(-c2cccc(N)c2)c2c3cc(ccc31)-c1cc(C)cc(c1)C[C@H](C)C(=O)N1CCC[C@H](N1)C(=O)OCC(C)(C)C2. The number of cyclic esters (lactones) is 1. The van der Waals surface area contributed by atoms with E-state index in [0.29, 0.717) is 25.8 Å². The van der Waals surface area contributed by atoms with Crippen LogP contribution in [0, 0.1) is 18.3 Å². The van der Waals surface area contributed by atoms with Gasteiger partial charge in [0.2, 0.25) is 5.91 Å². The van der Waals surface area contributed by atoms with Gasteiger partial charge in [0.05, 0.1) is 12.3 Å². The van der Waals surface area contributed by atoms with Crippen molar-refractivity contribution in [1.82, 2.24) is 15.0 Å². The molecule has 0 spiro atoms. The highest BCUT2D eigenvalue weighted by atomic mass is 16.5. The minimum Gasteiger partial charge on any atom is -0.464 e. The van der Waals surface area contributed by atoms with Crippen molar-refractivity contribution < 1.29 is 14.3 Å². The normalized spacial score (nSPS) is 20.0. The topological polar surface area (TPSA) is 89.6 Å². The van der Waals surface area contributed by atoms with Crippen LogP contribution in [0.3, 0.4) is 0 Å². The van der Waals surface area contributed by atoms with Gasteiger partial charge in [-0.3, -0.25) is 14.6 Å². The molecule has 1 fully saturated rings. The Morgan fingerprint density at radius 1 is 1.00 bits per heavy atom. The van der Waals surface area contributed by atoms with E-state index in [1.807, 2.05) is 39.0 Å². The van der Waals surface area contributed by atoms with Crippen molar-refractivity contribution in [2.45, 2.75) is 86.7 Å². The van der Waals surface area contributed by atoms with Crippen LogP contribution in [0.5, 0.6) is 0 Å². The number of nitrogens with one attached hydrogen (secondary N) is 1. The van der Waals surface area contributed by atoms with Crippen molar-refractivity contribution in [2.75, 3.05) is 18.9 Å². The van der Waals surface area contributed by atoms with E-state index < -0.39 is 6.04 Å². The standard InChI is InChI=1S/C37H44N4O3.C2H6/c1-6-40-33-13-12-26-20-30(33)31(34(40)27-9-7-10-29(38)19-27)21-37(4,5)22-44-36(43)32-11-8-14-41(39-32)35(42)24(3)17-25-15-23(2)16-28(26)18-25;1-2/h7,9-10,12-13,15-16,18-20,24,32,39H,6,8,11,14,17,21-22,38H2,1-5H3;1-2H3/t24-,32-;/m0./s1. The number of rotatable bonds is 2. The summed E-state index contributed by atoms with van der Waals surface area (Å²) < 4.78 is 8.36. The Hall–Kier alpha value is -4.10.